The molecule has 3 heteroatoms. The van der Waals surface area contributed by atoms with Crippen molar-refractivity contribution in [1.29, 1.82) is 0 Å². The van der Waals surface area contributed by atoms with Gasteiger partial charge in [0.15, 0.2) is 0 Å². The van der Waals surface area contributed by atoms with E-state index >= 15 is 0 Å². The second kappa shape index (κ2) is 5.61. The molecule has 2 rings (SSSR count). The molecule has 0 aliphatic carbocycles. The highest BCUT2D eigenvalue weighted by Gasteiger charge is 2.27. The molecule has 1 aliphatic heterocycles. The Morgan fingerprint density at radius 3 is 2.94 bits per heavy atom. The molecule has 0 spiro atoms. The van der Waals surface area contributed by atoms with Gasteiger partial charge in [-0.3, -0.25) is 4.90 Å². The lowest BCUT2D eigenvalue weighted by Crippen LogP contribution is -2.39. The number of benzene rings is 1. The number of halogens is 1. The highest BCUT2D eigenvalue weighted by molar-refractivity contribution is 5.22. The summed E-state index contributed by atoms with van der Waals surface area (Å²) in [7, 11) is 0. The summed E-state index contributed by atoms with van der Waals surface area (Å²) >= 11 is 0. The molecule has 0 bridgehead atoms. The Morgan fingerprint density at radius 2 is 2.24 bits per heavy atom. The van der Waals surface area contributed by atoms with Crippen LogP contribution >= 0.6 is 0 Å². The number of likely N-dealkylation sites (tertiary alicyclic amines) is 1. The third-order valence-corrected chi connectivity index (χ3v) is 3.63. The van der Waals surface area contributed by atoms with E-state index in [1.165, 1.54) is 18.9 Å². The highest BCUT2D eigenvalue weighted by atomic mass is 19.1. The molecule has 1 fully saturated rings. The standard InChI is InChI=1S/C14H21FN2/c1-2-17-9-4-3-8-13(16)14(17)11-6-5-7-12(15)10-11/h5-7,10,13-14H,2-4,8-9,16H2,1H3. The fourth-order valence-corrected chi connectivity index (χ4v) is 2.77. The number of hydrogen-bond donors (Lipinski definition) is 1. The van der Waals surface area contributed by atoms with Crippen molar-refractivity contribution < 1.29 is 4.39 Å². The van der Waals surface area contributed by atoms with Gasteiger partial charge < -0.3 is 5.73 Å². The number of likely N-dealkylation sites (N-methyl/N-ethyl adjacent to an activating group) is 1. The maximum absolute atomic E-state index is 13.3. The zero-order valence-corrected chi connectivity index (χ0v) is 10.4. The minimum atomic E-state index is -0.171. The van der Waals surface area contributed by atoms with E-state index in [1.54, 1.807) is 12.1 Å². The van der Waals surface area contributed by atoms with Crippen molar-refractivity contribution in [2.45, 2.75) is 38.3 Å². The Balaban J connectivity index is 2.30. The van der Waals surface area contributed by atoms with Crippen LogP contribution in [0.4, 0.5) is 4.39 Å². The molecule has 1 aliphatic rings. The van der Waals surface area contributed by atoms with Gasteiger partial charge in [0.1, 0.15) is 5.82 Å². The molecule has 0 saturated carbocycles. The van der Waals surface area contributed by atoms with Crippen LogP contribution < -0.4 is 5.73 Å². The largest absolute Gasteiger partial charge is 0.326 e. The molecule has 2 N–H and O–H groups in total. The molecule has 0 amide bonds. The smallest absolute Gasteiger partial charge is 0.123 e. The Bertz CT molecular complexity index is 367. The molecule has 2 atom stereocenters. The summed E-state index contributed by atoms with van der Waals surface area (Å²) in [5, 5.41) is 0. The van der Waals surface area contributed by atoms with E-state index in [1.807, 2.05) is 6.07 Å². The molecule has 1 heterocycles. The summed E-state index contributed by atoms with van der Waals surface area (Å²) in [4.78, 5) is 2.37. The molecule has 17 heavy (non-hydrogen) atoms. The Morgan fingerprint density at radius 1 is 1.41 bits per heavy atom. The third kappa shape index (κ3) is 2.85. The van der Waals surface area contributed by atoms with Crippen LogP contribution in [0.5, 0.6) is 0 Å². The maximum Gasteiger partial charge on any atom is 0.123 e. The molecule has 0 radical (unpaired) electrons. The Hall–Kier alpha value is -0.930. The first kappa shape index (κ1) is 12.5. The zero-order valence-electron chi connectivity index (χ0n) is 10.4. The van der Waals surface area contributed by atoms with Gasteiger partial charge in [-0.2, -0.15) is 0 Å². The average Bonchev–Trinajstić information content (AvgIpc) is 2.50. The lowest BCUT2D eigenvalue weighted by Gasteiger charge is -2.32. The molecular weight excluding hydrogens is 215 g/mol. The fourth-order valence-electron chi connectivity index (χ4n) is 2.77. The molecule has 2 nitrogen and oxygen atoms in total. The summed E-state index contributed by atoms with van der Waals surface area (Å²) in [5.74, 6) is -0.171. The second-order valence-electron chi connectivity index (χ2n) is 4.79. The van der Waals surface area contributed by atoms with E-state index in [-0.39, 0.29) is 17.9 Å². The van der Waals surface area contributed by atoms with Gasteiger partial charge in [-0.15, -0.1) is 0 Å². The van der Waals surface area contributed by atoms with Gasteiger partial charge in [0.05, 0.1) is 0 Å². The lowest BCUT2D eigenvalue weighted by molar-refractivity contribution is 0.195. The van der Waals surface area contributed by atoms with E-state index in [9.17, 15) is 4.39 Å². The lowest BCUT2D eigenvalue weighted by atomic mass is 9.96. The number of nitrogens with zero attached hydrogens (tertiary/aromatic N) is 1. The van der Waals surface area contributed by atoms with Crippen molar-refractivity contribution in [3.8, 4) is 0 Å². The van der Waals surface area contributed by atoms with Crippen molar-refractivity contribution >= 4 is 0 Å². The van der Waals surface area contributed by atoms with Crippen molar-refractivity contribution in [1.82, 2.24) is 4.90 Å². The quantitative estimate of drug-likeness (QED) is 0.855. The van der Waals surface area contributed by atoms with Crippen LogP contribution in [-0.2, 0) is 0 Å². The zero-order chi connectivity index (χ0) is 12.3. The van der Waals surface area contributed by atoms with Crippen molar-refractivity contribution in [3.05, 3.63) is 35.6 Å². The molecule has 1 aromatic rings. The molecule has 2 unspecified atom stereocenters. The van der Waals surface area contributed by atoms with Crippen molar-refractivity contribution in [3.63, 3.8) is 0 Å². The van der Waals surface area contributed by atoms with E-state index in [2.05, 4.69) is 11.8 Å². The first-order valence-electron chi connectivity index (χ1n) is 6.47. The molecule has 94 valence electrons. The van der Waals surface area contributed by atoms with Gasteiger partial charge in [-0.05, 0) is 43.6 Å². The van der Waals surface area contributed by atoms with Gasteiger partial charge in [0.2, 0.25) is 0 Å². The van der Waals surface area contributed by atoms with Crippen molar-refractivity contribution in [2.75, 3.05) is 13.1 Å². The van der Waals surface area contributed by atoms with Crippen LogP contribution in [0.25, 0.3) is 0 Å². The van der Waals surface area contributed by atoms with E-state index in [0.717, 1.165) is 25.1 Å². The van der Waals surface area contributed by atoms with Crippen LogP contribution in [0.3, 0.4) is 0 Å². The van der Waals surface area contributed by atoms with E-state index in [0.29, 0.717) is 0 Å². The van der Waals surface area contributed by atoms with Crippen LogP contribution in [0.15, 0.2) is 24.3 Å². The summed E-state index contributed by atoms with van der Waals surface area (Å²) in [6, 6.07) is 7.15. The summed E-state index contributed by atoms with van der Waals surface area (Å²) in [6.07, 6.45) is 3.38. The normalized spacial score (nSPS) is 26.8. The van der Waals surface area contributed by atoms with Crippen LogP contribution in [-0.4, -0.2) is 24.0 Å². The van der Waals surface area contributed by atoms with Gasteiger partial charge in [-0.25, -0.2) is 4.39 Å². The SMILES string of the molecule is CCN1CCCCC(N)C1c1cccc(F)c1. The van der Waals surface area contributed by atoms with Gasteiger partial charge in [-0.1, -0.05) is 25.5 Å². The summed E-state index contributed by atoms with van der Waals surface area (Å²) in [5.41, 5.74) is 7.28. The van der Waals surface area contributed by atoms with E-state index in [4.69, 9.17) is 5.73 Å². The topological polar surface area (TPSA) is 29.3 Å². The monoisotopic (exact) mass is 236 g/mol. The minimum absolute atomic E-state index is 0.110. The Labute approximate surface area is 103 Å². The van der Waals surface area contributed by atoms with Crippen LogP contribution in [0.1, 0.15) is 37.8 Å². The van der Waals surface area contributed by atoms with Crippen LogP contribution in [0.2, 0.25) is 0 Å². The van der Waals surface area contributed by atoms with Crippen molar-refractivity contribution in [2.24, 2.45) is 5.73 Å². The molecule has 1 saturated heterocycles. The average molecular weight is 236 g/mol. The number of nitrogens with two attached hydrogens (primary N) is 1. The van der Waals surface area contributed by atoms with Gasteiger partial charge in [0, 0.05) is 12.1 Å². The first-order chi connectivity index (χ1) is 8.22. The fraction of sp³-hybridized carbons (Fsp3) is 0.571. The van der Waals surface area contributed by atoms with Crippen LogP contribution in [0, 0.1) is 5.82 Å². The van der Waals surface area contributed by atoms with E-state index < -0.39 is 0 Å². The molecule has 0 aromatic heterocycles. The maximum atomic E-state index is 13.3. The van der Waals surface area contributed by atoms with Gasteiger partial charge in [0.25, 0.3) is 0 Å². The summed E-state index contributed by atoms with van der Waals surface area (Å²) < 4.78 is 13.3. The first-order valence-corrected chi connectivity index (χ1v) is 6.47. The molecular formula is C14H21FN2. The predicted molar refractivity (Wildman–Crippen MR) is 68.2 cm³/mol. The minimum Gasteiger partial charge on any atom is -0.326 e. The number of rotatable bonds is 2. The Kier molecular flexibility index (Phi) is 4.13. The third-order valence-electron chi connectivity index (χ3n) is 3.63. The summed E-state index contributed by atoms with van der Waals surface area (Å²) in [6.45, 7) is 4.17. The van der Waals surface area contributed by atoms with Gasteiger partial charge >= 0.3 is 0 Å². The second-order valence-corrected chi connectivity index (χ2v) is 4.79. The predicted octanol–water partition coefficient (Wildman–Crippen LogP) is 2.70. The highest BCUT2D eigenvalue weighted by Crippen LogP contribution is 2.29. The number of hydrogen-bond acceptors (Lipinski definition) is 2. The molecule has 1 aromatic carbocycles.